The topological polar surface area (TPSA) is 12.5 Å². The fourth-order valence-corrected chi connectivity index (χ4v) is 2.28. The SMILES string of the molecule is CC1CC=CC2=C1N(C(C)C)CCO2. The summed E-state index contributed by atoms with van der Waals surface area (Å²) in [5.74, 6) is 1.71. The second kappa shape index (κ2) is 3.68. The first kappa shape index (κ1) is 9.63. The molecule has 2 nitrogen and oxygen atoms in total. The van der Waals surface area contributed by atoms with Gasteiger partial charge in [0.25, 0.3) is 0 Å². The van der Waals surface area contributed by atoms with Crippen LogP contribution in [-0.2, 0) is 4.74 Å². The standard InChI is InChI=1S/C12H19NO/c1-9(2)13-7-8-14-11-6-4-5-10(3)12(11)13/h4,6,9-10H,5,7-8H2,1-3H3. The molecule has 0 N–H and O–H groups in total. The lowest BCUT2D eigenvalue weighted by Gasteiger charge is -2.40. The van der Waals surface area contributed by atoms with Crippen LogP contribution in [0.4, 0.5) is 0 Å². The van der Waals surface area contributed by atoms with Crippen molar-refractivity contribution in [2.24, 2.45) is 5.92 Å². The highest BCUT2D eigenvalue weighted by atomic mass is 16.5. The molecule has 0 fully saturated rings. The van der Waals surface area contributed by atoms with Crippen molar-refractivity contribution in [2.75, 3.05) is 13.2 Å². The molecule has 78 valence electrons. The maximum absolute atomic E-state index is 5.68. The molecule has 2 rings (SSSR count). The smallest absolute Gasteiger partial charge is 0.138 e. The number of allylic oxidation sites excluding steroid dienone is 3. The monoisotopic (exact) mass is 193 g/mol. The predicted octanol–water partition coefficient (Wildman–Crippen LogP) is 2.53. The van der Waals surface area contributed by atoms with Crippen molar-refractivity contribution in [3.8, 4) is 0 Å². The molecular weight excluding hydrogens is 174 g/mol. The molecule has 0 aromatic rings. The van der Waals surface area contributed by atoms with Crippen LogP contribution in [0.25, 0.3) is 0 Å². The van der Waals surface area contributed by atoms with Gasteiger partial charge in [-0.3, -0.25) is 0 Å². The molecule has 0 bridgehead atoms. The summed E-state index contributed by atoms with van der Waals surface area (Å²) in [6.07, 6.45) is 5.49. The molecule has 1 atom stereocenters. The summed E-state index contributed by atoms with van der Waals surface area (Å²) in [5.41, 5.74) is 1.41. The van der Waals surface area contributed by atoms with E-state index in [1.165, 1.54) is 5.70 Å². The zero-order valence-electron chi connectivity index (χ0n) is 9.29. The Morgan fingerprint density at radius 3 is 3.00 bits per heavy atom. The largest absolute Gasteiger partial charge is 0.490 e. The number of nitrogens with zero attached hydrogens (tertiary/aromatic N) is 1. The van der Waals surface area contributed by atoms with Crippen LogP contribution in [0.3, 0.4) is 0 Å². The van der Waals surface area contributed by atoms with E-state index in [1.54, 1.807) is 0 Å². The molecule has 2 aliphatic rings. The Hall–Kier alpha value is -0.920. The molecule has 0 amide bonds. The average molecular weight is 193 g/mol. The fourth-order valence-electron chi connectivity index (χ4n) is 2.28. The van der Waals surface area contributed by atoms with Gasteiger partial charge in [-0.25, -0.2) is 0 Å². The van der Waals surface area contributed by atoms with Gasteiger partial charge in [-0.05, 0) is 26.3 Å². The highest BCUT2D eigenvalue weighted by molar-refractivity contribution is 5.27. The Bertz CT molecular complexity index is 278. The summed E-state index contributed by atoms with van der Waals surface area (Å²) in [5, 5.41) is 0. The van der Waals surface area contributed by atoms with Gasteiger partial charge in [0.15, 0.2) is 0 Å². The van der Waals surface area contributed by atoms with Crippen molar-refractivity contribution in [3.63, 3.8) is 0 Å². The second-order valence-corrected chi connectivity index (χ2v) is 4.42. The molecule has 0 aromatic heterocycles. The van der Waals surface area contributed by atoms with Crippen LogP contribution < -0.4 is 0 Å². The highest BCUT2D eigenvalue weighted by Gasteiger charge is 2.27. The van der Waals surface area contributed by atoms with Gasteiger partial charge >= 0.3 is 0 Å². The summed E-state index contributed by atoms with van der Waals surface area (Å²) in [6.45, 7) is 8.65. The summed E-state index contributed by atoms with van der Waals surface area (Å²) >= 11 is 0. The Morgan fingerprint density at radius 1 is 1.50 bits per heavy atom. The Labute approximate surface area is 86.2 Å². The van der Waals surface area contributed by atoms with Crippen molar-refractivity contribution in [2.45, 2.75) is 33.2 Å². The number of rotatable bonds is 1. The third-order valence-corrected chi connectivity index (χ3v) is 3.00. The first-order chi connectivity index (χ1) is 6.70. The molecule has 0 aromatic carbocycles. The number of hydrogen-bond donors (Lipinski definition) is 0. The van der Waals surface area contributed by atoms with Gasteiger partial charge in [-0.2, -0.15) is 0 Å². The van der Waals surface area contributed by atoms with Crippen molar-refractivity contribution in [3.05, 3.63) is 23.6 Å². The normalized spacial score (nSPS) is 26.6. The van der Waals surface area contributed by atoms with Crippen molar-refractivity contribution >= 4 is 0 Å². The number of hydrogen-bond acceptors (Lipinski definition) is 2. The van der Waals surface area contributed by atoms with Gasteiger partial charge in [0.2, 0.25) is 0 Å². The quantitative estimate of drug-likeness (QED) is 0.634. The maximum Gasteiger partial charge on any atom is 0.138 e. The van der Waals surface area contributed by atoms with Gasteiger partial charge < -0.3 is 9.64 Å². The molecule has 1 aliphatic heterocycles. The Kier molecular flexibility index (Phi) is 2.53. The van der Waals surface area contributed by atoms with Crippen molar-refractivity contribution < 1.29 is 4.74 Å². The van der Waals surface area contributed by atoms with E-state index in [9.17, 15) is 0 Å². The van der Waals surface area contributed by atoms with Crippen molar-refractivity contribution in [1.82, 2.24) is 4.90 Å². The van der Waals surface area contributed by atoms with E-state index >= 15 is 0 Å². The molecule has 0 spiro atoms. The Morgan fingerprint density at radius 2 is 2.29 bits per heavy atom. The van der Waals surface area contributed by atoms with E-state index in [0.717, 1.165) is 25.3 Å². The van der Waals surface area contributed by atoms with Crippen molar-refractivity contribution in [1.29, 1.82) is 0 Å². The molecule has 2 heteroatoms. The third kappa shape index (κ3) is 1.54. The minimum atomic E-state index is 0.581. The van der Waals surface area contributed by atoms with Gasteiger partial charge in [-0.15, -0.1) is 0 Å². The molecule has 1 aliphatic carbocycles. The summed E-state index contributed by atoms with van der Waals surface area (Å²) < 4.78 is 5.68. The second-order valence-electron chi connectivity index (χ2n) is 4.42. The molecule has 0 saturated heterocycles. The molecule has 1 heterocycles. The lowest BCUT2D eigenvalue weighted by Crippen LogP contribution is -2.40. The molecule has 0 radical (unpaired) electrons. The van der Waals surface area contributed by atoms with E-state index < -0.39 is 0 Å². The summed E-state index contributed by atoms with van der Waals surface area (Å²) in [6, 6.07) is 0.581. The molecule has 14 heavy (non-hydrogen) atoms. The predicted molar refractivity (Wildman–Crippen MR) is 57.7 cm³/mol. The Balaban J connectivity index is 2.32. The number of ether oxygens (including phenoxy) is 1. The minimum absolute atomic E-state index is 0.581. The van der Waals surface area contributed by atoms with Crippen LogP contribution in [0.1, 0.15) is 27.2 Å². The van der Waals surface area contributed by atoms with Crippen LogP contribution >= 0.6 is 0 Å². The first-order valence-corrected chi connectivity index (χ1v) is 5.50. The van der Waals surface area contributed by atoms with Gasteiger partial charge in [0, 0.05) is 12.0 Å². The van der Waals surface area contributed by atoms with Crippen LogP contribution in [0.2, 0.25) is 0 Å². The van der Waals surface area contributed by atoms with Gasteiger partial charge in [0.1, 0.15) is 12.4 Å². The van der Waals surface area contributed by atoms with Crippen LogP contribution in [0.5, 0.6) is 0 Å². The summed E-state index contributed by atoms with van der Waals surface area (Å²) in [7, 11) is 0. The lowest BCUT2D eigenvalue weighted by molar-refractivity contribution is 0.106. The van der Waals surface area contributed by atoms with Gasteiger partial charge in [0.05, 0.1) is 12.2 Å². The van der Waals surface area contributed by atoms with E-state index in [4.69, 9.17) is 4.74 Å². The van der Waals surface area contributed by atoms with Crippen LogP contribution in [-0.4, -0.2) is 24.1 Å². The van der Waals surface area contributed by atoms with Crippen LogP contribution in [0, 0.1) is 5.92 Å². The summed E-state index contributed by atoms with van der Waals surface area (Å²) in [4.78, 5) is 2.48. The van der Waals surface area contributed by atoms with E-state index in [-0.39, 0.29) is 0 Å². The average Bonchev–Trinajstić information content (AvgIpc) is 2.17. The van der Waals surface area contributed by atoms with Gasteiger partial charge in [-0.1, -0.05) is 13.0 Å². The fraction of sp³-hybridized carbons (Fsp3) is 0.667. The molecular formula is C12H19NO. The van der Waals surface area contributed by atoms with E-state index in [0.29, 0.717) is 12.0 Å². The lowest BCUT2D eigenvalue weighted by atomic mass is 9.95. The zero-order valence-corrected chi connectivity index (χ0v) is 9.29. The van der Waals surface area contributed by atoms with E-state index in [2.05, 4.69) is 37.8 Å². The molecule has 0 saturated carbocycles. The third-order valence-electron chi connectivity index (χ3n) is 3.00. The minimum Gasteiger partial charge on any atom is -0.490 e. The first-order valence-electron chi connectivity index (χ1n) is 5.50. The highest BCUT2D eigenvalue weighted by Crippen LogP contribution is 2.32. The zero-order chi connectivity index (χ0) is 10.1. The van der Waals surface area contributed by atoms with E-state index in [1.807, 2.05) is 0 Å². The molecule has 1 unspecified atom stereocenters. The van der Waals surface area contributed by atoms with Crippen LogP contribution in [0.15, 0.2) is 23.6 Å². The maximum atomic E-state index is 5.68.